The van der Waals surface area contributed by atoms with Crippen LogP contribution in [0.2, 0.25) is 0 Å². The van der Waals surface area contributed by atoms with Gasteiger partial charge < -0.3 is 4.74 Å². The molecule has 0 saturated carbocycles. The van der Waals surface area contributed by atoms with Crippen molar-refractivity contribution < 1.29 is 13.2 Å². The van der Waals surface area contributed by atoms with Gasteiger partial charge in [0.15, 0.2) is 0 Å². The van der Waals surface area contributed by atoms with Gasteiger partial charge in [0.1, 0.15) is 0 Å². The molecule has 1 N–H and O–H groups in total. The van der Waals surface area contributed by atoms with Crippen molar-refractivity contribution in [3.05, 3.63) is 30.3 Å². The van der Waals surface area contributed by atoms with Crippen LogP contribution >= 0.6 is 31.9 Å². The molecule has 1 aromatic rings. The van der Waals surface area contributed by atoms with Crippen molar-refractivity contribution in [2.45, 2.75) is 28.3 Å². The molecule has 1 heterocycles. The Bertz CT molecular complexity index is 523. The molecule has 0 aromatic heterocycles. The topological polar surface area (TPSA) is 55.4 Å². The minimum atomic E-state index is -3.52. The average molecular weight is 413 g/mol. The number of hydrogen-bond donors (Lipinski definition) is 1. The second kappa shape index (κ2) is 6.22. The van der Waals surface area contributed by atoms with Gasteiger partial charge in [0.2, 0.25) is 10.0 Å². The number of rotatable bonds is 4. The molecule has 4 nitrogen and oxygen atoms in total. The molecule has 1 aliphatic heterocycles. The SMILES string of the molecule is O=S(=O)(NC1(Br)CCOC(CBr)C1)c1ccccc1. The summed E-state index contributed by atoms with van der Waals surface area (Å²) in [5.74, 6) is 0. The van der Waals surface area contributed by atoms with Crippen molar-refractivity contribution in [2.24, 2.45) is 0 Å². The minimum absolute atomic E-state index is 0.00611. The summed E-state index contributed by atoms with van der Waals surface area (Å²) >= 11 is 6.88. The third kappa shape index (κ3) is 4.01. The number of halogens is 2. The zero-order chi connectivity index (χ0) is 13.9. The maximum Gasteiger partial charge on any atom is 0.241 e. The van der Waals surface area contributed by atoms with Crippen LogP contribution in [0, 0.1) is 0 Å². The van der Waals surface area contributed by atoms with Gasteiger partial charge in [0.25, 0.3) is 0 Å². The standard InChI is InChI=1S/C12H15Br2NO3S/c13-9-10-8-12(14,6-7-18-10)15-19(16,17)11-4-2-1-3-5-11/h1-5,10,15H,6-9H2. The van der Waals surface area contributed by atoms with E-state index >= 15 is 0 Å². The summed E-state index contributed by atoms with van der Waals surface area (Å²) in [7, 11) is -3.52. The van der Waals surface area contributed by atoms with E-state index in [0.29, 0.717) is 24.8 Å². The van der Waals surface area contributed by atoms with E-state index < -0.39 is 14.5 Å². The zero-order valence-corrected chi connectivity index (χ0v) is 14.2. The van der Waals surface area contributed by atoms with Crippen LogP contribution in [0.15, 0.2) is 35.2 Å². The Morgan fingerprint density at radius 2 is 2.05 bits per heavy atom. The summed E-state index contributed by atoms with van der Waals surface area (Å²) in [4.78, 5) is 0.274. The van der Waals surface area contributed by atoms with E-state index in [2.05, 4.69) is 36.6 Å². The third-order valence-electron chi connectivity index (χ3n) is 2.95. The molecule has 2 rings (SSSR count). The molecule has 2 atom stereocenters. The lowest BCUT2D eigenvalue weighted by Gasteiger charge is -2.36. The number of benzene rings is 1. The highest BCUT2D eigenvalue weighted by molar-refractivity contribution is 9.10. The molecular formula is C12H15Br2NO3S. The third-order valence-corrected chi connectivity index (χ3v) is 6.40. The van der Waals surface area contributed by atoms with Crippen LogP contribution in [0.4, 0.5) is 0 Å². The normalized spacial score (nSPS) is 28.2. The predicted octanol–water partition coefficient (Wildman–Crippen LogP) is 2.63. The summed E-state index contributed by atoms with van der Waals surface area (Å²) in [6.45, 7) is 0.527. The Labute approximate surface area is 130 Å². The van der Waals surface area contributed by atoms with E-state index in [9.17, 15) is 8.42 Å². The molecular weight excluding hydrogens is 398 g/mol. The Morgan fingerprint density at radius 1 is 1.37 bits per heavy atom. The lowest BCUT2D eigenvalue weighted by Crippen LogP contribution is -2.49. The molecule has 19 heavy (non-hydrogen) atoms. The van der Waals surface area contributed by atoms with E-state index in [1.165, 1.54) is 0 Å². The van der Waals surface area contributed by atoms with Crippen molar-refractivity contribution in [2.75, 3.05) is 11.9 Å². The summed E-state index contributed by atoms with van der Waals surface area (Å²) in [5, 5.41) is 0.688. The molecule has 1 saturated heterocycles. The lowest BCUT2D eigenvalue weighted by molar-refractivity contribution is 0.0153. The van der Waals surface area contributed by atoms with Gasteiger partial charge in [0, 0.05) is 18.4 Å². The molecule has 106 valence electrons. The first kappa shape index (κ1) is 15.4. The van der Waals surface area contributed by atoms with Crippen LogP contribution in [0.25, 0.3) is 0 Å². The maximum absolute atomic E-state index is 12.3. The van der Waals surface area contributed by atoms with E-state index in [1.807, 2.05) is 0 Å². The van der Waals surface area contributed by atoms with E-state index in [4.69, 9.17) is 4.74 Å². The van der Waals surface area contributed by atoms with Crippen LogP contribution in [-0.4, -0.2) is 30.9 Å². The molecule has 0 amide bonds. The molecule has 2 unspecified atom stereocenters. The highest BCUT2D eigenvalue weighted by Crippen LogP contribution is 2.33. The summed E-state index contributed by atoms with van der Waals surface area (Å²) in [5.41, 5.74) is 0. The zero-order valence-electron chi connectivity index (χ0n) is 10.2. The summed E-state index contributed by atoms with van der Waals surface area (Å²) in [6, 6.07) is 8.37. The first-order chi connectivity index (χ1) is 8.95. The quantitative estimate of drug-likeness (QED) is 0.610. The van der Waals surface area contributed by atoms with Gasteiger partial charge in [-0.05, 0) is 18.6 Å². The Hall–Kier alpha value is 0.0500. The maximum atomic E-state index is 12.3. The predicted molar refractivity (Wildman–Crippen MR) is 81.2 cm³/mol. The number of alkyl halides is 2. The molecule has 0 spiro atoms. The summed E-state index contributed by atoms with van der Waals surface area (Å²) < 4.78 is 32.2. The van der Waals surface area contributed by atoms with Crippen molar-refractivity contribution in [1.29, 1.82) is 0 Å². The van der Waals surface area contributed by atoms with Gasteiger partial charge in [-0.1, -0.05) is 50.1 Å². The van der Waals surface area contributed by atoms with E-state index in [-0.39, 0.29) is 11.0 Å². The largest absolute Gasteiger partial charge is 0.377 e. The van der Waals surface area contributed by atoms with E-state index in [1.54, 1.807) is 30.3 Å². The molecule has 1 aromatic carbocycles. The number of sulfonamides is 1. The van der Waals surface area contributed by atoms with Gasteiger partial charge in [-0.3, -0.25) is 0 Å². The molecule has 1 aliphatic rings. The Morgan fingerprint density at radius 3 is 2.68 bits per heavy atom. The first-order valence-corrected chi connectivity index (χ1v) is 9.30. The minimum Gasteiger partial charge on any atom is -0.377 e. The van der Waals surface area contributed by atoms with Crippen molar-refractivity contribution in [3.8, 4) is 0 Å². The number of nitrogens with one attached hydrogen (secondary N) is 1. The molecule has 1 fully saturated rings. The second-order valence-electron chi connectivity index (χ2n) is 4.49. The fourth-order valence-corrected chi connectivity index (χ4v) is 4.88. The van der Waals surface area contributed by atoms with Crippen molar-refractivity contribution >= 4 is 41.9 Å². The van der Waals surface area contributed by atoms with Gasteiger partial charge >= 0.3 is 0 Å². The van der Waals surface area contributed by atoms with E-state index in [0.717, 1.165) is 0 Å². The van der Waals surface area contributed by atoms with Crippen LogP contribution in [-0.2, 0) is 14.8 Å². The monoisotopic (exact) mass is 411 g/mol. The van der Waals surface area contributed by atoms with Crippen LogP contribution in [0.5, 0.6) is 0 Å². The molecule has 0 aliphatic carbocycles. The average Bonchev–Trinajstić information content (AvgIpc) is 2.38. The Kier molecular flexibility index (Phi) is 5.05. The van der Waals surface area contributed by atoms with Crippen molar-refractivity contribution in [3.63, 3.8) is 0 Å². The van der Waals surface area contributed by atoms with Crippen LogP contribution in [0.3, 0.4) is 0 Å². The van der Waals surface area contributed by atoms with Crippen molar-refractivity contribution in [1.82, 2.24) is 4.72 Å². The highest BCUT2D eigenvalue weighted by atomic mass is 79.9. The van der Waals surface area contributed by atoms with Crippen LogP contribution in [0.1, 0.15) is 12.8 Å². The first-order valence-electron chi connectivity index (χ1n) is 5.91. The lowest BCUT2D eigenvalue weighted by atomic mass is 10.1. The second-order valence-corrected chi connectivity index (χ2v) is 8.33. The summed E-state index contributed by atoms with van der Waals surface area (Å²) in [6.07, 6.45) is 1.19. The van der Waals surface area contributed by atoms with Crippen LogP contribution < -0.4 is 4.72 Å². The van der Waals surface area contributed by atoms with Gasteiger partial charge in [-0.2, -0.15) is 4.72 Å². The molecule has 7 heteroatoms. The molecule has 0 bridgehead atoms. The fraction of sp³-hybridized carbons (Fsp3) is 0.500. The van der Waals surface area contributed by atoms with Gasteiger partial charge in [0.05, 0.1) is 15.4 Å². The Balaban J connectivity index is 2.15. The number of ether oxygens (including phenoxy) is 1. The number of hydrogen-bond acceptors (Lipinski definition) is 3. The fourth-order valence-electron chi connectivity index (χ4n) is 2.00. The smallest absolute Gasteiger partial charge is 0.241 e. The highest BCUT2D eigenvalue weighted by Gasteiger charge is 2.38. The molecule has 0 radical (unpaired) electrons. The van der Waals surface area contributed by atoms with Gasteiger partial charge in [-0.15, -0.1) is 0 Å². The van der Waals surface area contributed by atoms with Gasteiger partial charge in [-0.25, -0.2) is 8.42 Å².